The van der Waals surface area contributed by atoms with Crippen molar-refractivity contribution in [3.8, 4) is 17.2 Å². The summed E-state index contributed by atoms with van der Waals surface area (Å²) in [5.74, 6) is -1.27. The number of carbonyl (C=O) groups is 2. The Balaban J connectivity index is 2.02. The van der Waals surface area contributed by atoms with E-state index >= 15 is 0 Å². The van der Waals surface area contributed by atoms with Crippen molar-refractivity contribution in [2.75, 3.05) is 13.7 Å². The molecule has 0 atom stereocenters. The number of nitrogens with one attached hydrogen (secondary N) is 1. The lowest BCUT2D eigenvalue weighted by Gasteiger charge is -2.27. The third-order valence-corrected chi connectivity index (χ3v) is 5.75. The SMILES string of the molecule is C=CCN1C(=O)/C(=C\c2cc(I)c(Oc3ccc([N+](=O)[O-])cc3[N+](=O)[O-])c(OC)c2)C(=O)NC1=S. The molecule has 0 radical (unpaired) electrons. The zero-order valence-electron chi connectivity index (χ0n) is 17.8. The molecule has 1 fully saturated rings. The van der Waals surface area contributed by atoms with Crippen molar-refractivity contribution in [2.24, 2.45) is 0 Å². The van der Waals surface area contributed by atoms with Crippen LogP contribution in [0.1, 0.15) is 5.56 Å². The van der Waals surface area contributed by atoms with Gasteiger partial charge in [0.25, 0.3) is 17.5 Å². The van der Waals surface area contributed by atoms with Gasteiger partial charge in [-0.15, -0.1) is 6.58 Å². The number of hydrogen-bond donors (Lipinski definition) is 1. The molecule has 0 aromatic heterocycles. The average Bonchev–Trinajstić information content (AvgIpc) is 2.80. The minimum absolute atomic E-state index is 0.0300. The first-order valence-electron chi connectivity index (χ1n) is 9.55. The lowest BCUT2D eigenvalue weighted by atomic mass is 10.1. The maximum absolute atomic E-state index is 12.8. The van der Waals surface area contributed by atoms with E-state index in [1.807, 2.05) is 22.6 Å². The lowest BCUT2D eigenvalue weighted by molar-refractivity contribution is -0.394. The van der Waals surface area contributed by atoms with E-state index in [9.17, 15) is 29.8 Å². The molecule has 1 heterocycles. The Morgan fingerprint density at radius 1 is 1.17 bits per heavy atom. The summed E-state index contributed by atoms with van der Waals surface area (Å²) >= 11 is 6.92. The van der Waals surface area contributed by atoms with Crippen molar-refractivity contribution < 1.29 is 28.9 Å². The van der Waals surface area contributed by atoms with Crippen molar-refractivity contribution in [2.45, 2.75) is 0 Å². The summed E-state index contributed by atoms with van der Waals surface area (Å²) in [5.41, 5.74) is -0.835. The van der Waals surface area contributed by atoms with Crippen LogP contribution in [0.15, 0.2) is 48.6 Å². The van der Waals surface area contributed by atoms with E-state index in [0.29, 0.717) is 9.13 Å². The third kappa shape index (κ3) is 5.43. The number of thiocarbonyl (C=S) groups is 1. The maximum Gasteiger partial charge on any atom is 0.318 e. The summed E-state index contributed by atoms with van der Waals surface area (Å²) < 4.78 is 11.5. The molecule has 1 saturated heterocycles. The Morgan fingerprint density at radius 3 is 2.49 bits per heavy atom. The van der Waals surface area contributed by atoms with Crippen LogP contribution >= 0.6 is 34.8 Å². The molecule has 2 amide bonds. The number of benzene rings is 2. The van der Waals surface area contributed by atoms with Gasteiger partial charge in [-0.2, -0.15) is 0 Å². The standard InChI is InChI=1S/C21H15IN4O8S/c1-3-6-24-20(28)13(19(27)23-21(24)35)7-11-8-14(22)18(17(9-11)33-2)34-16-5-4-12(25(29)30)10-15(16)26(31)32/h3-5,7-10H,1,6H2,2H3,(H,23,27,35)/b13-7-. The van der Waals surface area contributed by atoms with Crippen LogP contribution in [-0.4, -0.2) is 45.3 Å². The highest BCUT2D eigenvalue weighted by Crippen LogP contribution is 2.41. The van der Waals surface area contributed by atoms with Crippen LogP contribution < -0.4 is 14.8 Å². The number of amides is 2. The molecular weight excluding hydrogens is 595 g/mol. The van der Waals surface area contributed by atoms with Gasteiger partial charge in [0.15, 0.2) is 16.6 Å². The number of carbonyl (C=O) groups excluding carboxylic acids is 2. The van der Waals surface area contributed by atoms with Gasteiger partial charge in [-0.1, -0.05) is 6.08 Å². The van der Waals surface area contributed by atoms with E-state index in [1.54, 1.807) is 6.07 Å². The third-order valence-electron chi connectivity index (χ3n) is 4.62. The number of nitro groups is 2. The van der Waals surface area contributed by atoms with Gasteiger partial charge in [0.2, 0.25) is 5.75 Å². The molecule has 2 aromatic carbocycles. The Kier molecular flexibility index (Phi) is 7.75. The molecule has 0 aliphatic carbocycles. The van der Waals surface area contributed by atoms with Crippen molar-refractivity contribution in [3.63, 3.8) is 0 Å². The Hall–Kier alpha value is -3.92. The van der Waals surface area contributed by atoms with Crippen LogP contribution in [0.5, 0.6) is 17.2 Å². The van der Waals surface area contributed by atoms with Gasteiger partial charge >= 0.3 is 5.69 Å². The molecule has 1 aliphatic rings. The first-order chi connectivity index (χ1) is 16.6. The summed E-state index contributed by atoms with van der Waals surface area (Å²) in [6.45, 7) is 3.68. The number of nitro benzene ring substituents is 2. The molecule has 2 aromatic rings. The number of non-ortho nitro benzene ring substituents is 1. The molecule has 180 valence electrons. The largest absolute Gasteiger partial charge is 0.493 e. The van der Waals surface area contributed by atoms with Crippen LogP contribution in [0, 0.1) is 23.8 Å². The highest BCUT2D eigenvalue weighted by molar-refractivity contribution is 14.1. The Morgan fingerprint density at radius 2 is 1.89 bits per heavy atom. The molecule has 3 rings (SSSR count). The van der Waals surface area contributed by atoms with Gasteiger partial charge in [0.05, 0.1) is 26.6 Å². The van der Waals surface area contributed by atoms with E-state index in [1.165, 1.54) is 30.2 Å². The predicted molar refractivity (Wildman–Crippen MR) is 136 cm³/mol. The second kappa shape index (κ2) is 10.6. The van der Waals surface area contributed by atoms with Gasteiger partial charge < -0.3 is 9.47 Å². The van der Waals surface area contributed by atoms with E-state index in [-0.39, 0.29) is 34.5 Å². The minimum atomic E-state index is -0.798. The van der Waals surface area contributed by atoms with Gasteiger partial charge in [-0.25, -0.2) is 0 Å². The molecule has 35 heavy (non-hydrogen) atoms. The van der Waals surface area contributed by atoms with Gasteiger partial charge in [-0.3, -0.25) is 40.0 Å². The molecule has 12 nitrogen and oxygen atoms in total. The van der Waals surface area contributed by atoms with Gasteiger partial charge in [-0.05, 0) is 64.6 Å². The zero-order chi connectivity index (χ0) is 25.9. The van der Waals surface area contributed by atoms with Crippen molar-refractivity contribution >= 4 is 69.2 Å². The zero-order valence-corrected chi connectivity index (χ0v) is 20.8. The van der Waals surface area contributed by atoms with Crippen molar-refractivity contribution in [1.82, 2.24) is 10.2 Å². The number of hydrogen-bond acceptors (Lipinski definition) is 9. The summed E-state index contributed by atoms with van der Waals surface area (Å²) in [6, 6.07) is 6.01. The number of ether oxygens (including phenoxy) is 2. The molecule has 0 spiro atoms. The second-order valence-electron chi connectivity index (χ2n) is 6.82. The fourth-order valence-corrected chi connectivity index (χ4v) is 4.02. The quantitative estimate of drug-likeness (QED) is 0.0896. The van der Waals surface area contributed by atoms with Gasteiger partial charge in [0.1, 0.15) is 5.57 Å². The first-order valence-corrected chi connectivity index (χ1v) is 11.0. The molecule has 1 N–H and O–H groups in total. The number of nitrogens with zero attached hydrogens (tertiary/aromatic N) is 3. The average molecular weight is 610 g/mol. The van der Waals surface area contributed by atoms with Crippen LogP contribution in [0.2, 0.25) is 0 Å². The van der Waals surface area contributed by atoms with E-state index in [2.05, 4.69) is 11.9 Å². The highest BCUT2D eigenvalue weighted by atomic mass is 127. The van der Waals surface area contributed by atoms with Crippen LogP contribution in [0.4, 0.5) is 11.4 Å². The number of halogens is 1. The summed E-state index contributed by atoms with van der Waals surface area (Å²) in [4.78, 5) is 47.2. The van der Waals surface area contributed by atoms with Gasteiger partial charge in [0, 0.05) is 12.6 Å². The second-order valence-corrected chi connectivity index (χ2v) is 8.37. The fraction of sp³-hybridized carbons (Fsp3) is 0.0952. The molecular formula is C21H15IN4O8S. The highest BCUT2D eigenvalue weighted by Gasteiger charge is 2.33. The van der Waals surface area contributed by atoms with E-state index in [0.717, 1.165) is 18.2 Å². The summed E-state index contributed by atoms with van der Waals surface area (Å²) in [5, 5.41) is 24.8. The topological polar surface area (TPSA) is 154 Å². The first kappa shape index (κ1) is 25.7. The van der Waals surface area contributed by atoms with Crippen molar-refractivity contribution in [3.05, 3.63) is 77.9 Å². The number of rotatable bonds is 8. The minimum Gasteiger partial charge on any atom is -0.493 e. The molecule has 14 heteroatoms. The Labute approximate surface area is 216 Å². The molecule has 0 bridgehead atoms. The normalized spacial score (nSPS) is 14.5. The monoisotopic (exact) mass is 610 g/mol. The molecule has 1 aliphatic heterocycles. The molecule has 0 saturated carbocycles. The summed E-state index contributed by atoms with van der Waals surface area (Å²) in [6.07, 6.45) is 2.81. The summed E-state index contributed by atoms with van der Waals surface area (Å²) in [7, 11) is 1.34. The maximum atomic E-state index is 12.8. The van der Waals surface area contributed by atoms with Crippen molar-refractivity contribution in [1.29, 1.82) is 0 Å². The Bertz CT molecular complexity index is 1330. The van der Waals surface area contributed by atoms with E-state index in [4.69, 9.17) is 21.7 Å². The lowest BCUT2D eigenvalue weighted by Crippen LogP contribution is -2.53. The smallest absolute Gasteiger partial charge is 0.318 e. The van der Waals surface area contributed by atoms with Crippen LogP contribution in [0.25, 0.3) is 6.08 Å². The molecule has 0 unspecified atom stereocenters. The van der Waals surface area contributed by atoms with E-state index < -0.39 is 33.0 Å². The van der Waals surface area contributed by atoms with Crippen LogP contribution in [0.3, 0.4) is 0 Å². The predicted octanol–water partition coefficient (Wildman–Crippen LogP) is 3.72. The number of methoxy groups -OCH3 is 1. The fourth-order valence-electron chi connectivity index (χ4n) is 3.04. The van der Waals surface area contributed by atoms with Crippen LogP contribution in [-0.2, 0) is 9.59 Å².